The minimum Gasteiger partial charge on any atom is -0.489 e. The van der Waals surface area contributed by atoms with Crippen LogP contribution >= 0.6 is 0 Å². The summed E-state index contributed by atoms with van der Waals surface area (Å²) >= 11 is 0. The lowest BCUT2D eigenvalue weighted by molar-refractivity contribution is -0.139. The second-order valence-corrected chi connectivity index (χ2v) is 7.19. The van der Waals surface area contributed by atoms with Crippen LogP contribution in [0.4, 0.5) is 13.2 Å². The fourth-order valence-electron chi connectivity index (χ4n) is 2.78. The standard InChI is InChI=1S/C18H23F3N4O/c1-11(2)7-17(4,22)10-26-16-9-23-15(6-14(16)18(19,20)21)13-5-12(3)25-24-8-13/h5-6,8-9,11H,7,10,22H2,1-4H3/t17-/m1/s1. The summed E-state index contributed by atoms with van der Waals surface area (Å²) in [6.45, 7) is 7.41. The maximum atomic E-state index is 13.5. The van der Waals surface area contributed by atoms with Crippen LogP contribution in [0.15, 0.2) is 24.5 Å². The number of nitrogens with zero attached hydrogens (tertiary/aromatic N) is 3. The number of halogens is 3. The summed E-state index contributed by atoms with van der Waals surface area (Å²) in [6.07, 6.45) is -1.50. The molecule has 0 unspecified atom stereocenters. The van der Waals surface area contributed by atoms with Crippen molar-refractivity contribution >= 4 is 0 Å². The van der Waals surface area contributed by atoms with Gasteiger partial charge in [-0.25, -0.2) is 0 Å². The van der Waals surface area contributed by atoms with Gasteiger partial charge in [0.25, 0.3) is 0 Å². The van der Waals surface area contributed by atoms with E-state index in [4.69, 9.17) is 10.5 Å². The zero-order valence-electron chi connectivity index (χ0n) is 15.3. The average molecular weight is 368 g/mol. The highest BCUT2D eigenvalue weighted by Crippen LogP contribution is 2.38. The Labute approximate surface area is 150 Å². The Bertz CT molecular complexity index is 760. The van der Waals surface area contributed by atoms with Crippen molar-refractivity contribution in [2.75, 3.05) is 6.61 Å². The van der Waals surface area contributed by atoms with Gasteiger partial charge in [0.15, 0.2) is 0 Å². The lowest BCUT2D eigenvalue weighted by atomic mass is 9.93. The molecule has 2 rings (SSSR count). The summed E-state index contributed by atoms with van der Waals surface area (Å²) in [4.78, 5) is 4.09. The minimum atomic E-state index is -4.58. The normalized spacial score (nSPS) is 14.3. The minimum absolute atomic E-state index is 0.0365. The molecular weight excluding hydrogens is 345 g/mol. The van der Waals surface area contributed by atoms with Crippen molar-refractivity contribution in [2.45, 2.75) is 45.8 Å². The van der Waals surface area contributed by atoms with Crippen LogP contribution in [0.1, 0.15) is 38.4 Å². The van der Waals surface area contributed by atoms with Crippen molar-refractivity contribution in [3.05, 3.63) is 35.8 Å². The van der Waals surface area contributed by atoms with E-state index < -0.39 is 17.3 Å². The fraction of sp³-hybridized carbons (Fsp3) is 0.500. The largest absolute Gasteiger partial charge is 0.489 e. The zero-order valence-corrected chi connectivity index (χ0v) is 15.3. The Balaban J connectivity index is 2.32. The third-order valence-corrected chi connectivity index (χ3v) is 3.68. The molecule has 2 aromatic heterocycles. The number of hydrogen-bond donors (Lipinski definition) is 1. The van der Waals surface area contributed by atoms with Crippen molar-refractivity contribution < 1.29 is 17.9 Å². The molecule has 0 aliphatic heterocycles. The van der Waals surface area contributed by atoms with Gasteiger partial charge in [-0.05, 0) is 38.3 Å². The SMILES string of the molecule is Cc1cc(-c2cc(C(F)(F)F)c(OC[C@](C)(N)CC(C)C)cn2)cnn1. The molecular formula is C18H23F3N4O. The first-order valence-electron chi connectivity index (χ1n) is 8.26. The number of aromatic nitrogens is 3. The van der Waals surface area contributed by atoms with E-state index >= 15 is 0 Å². The number of alkyl halides is 3. The maximum Gasteiger partial charge on any atom is 0.420 e. The second kappa shape index (κ2) is 7.57. The van der Waals surface area contributed by atoms with Crippen molar-refractivity contribution in [1.82, 2.24) is 15.2 Å². The van der Waals surface area contributed by atoms with Gasteiger partial charge < -0.3 is 10.5 Å². The summed E-state index contributed by atoms with van der Waals surface area (Å²) in [7, 11) is 0. The molecule has 2 N–H and O–H groups in total. The molecule has 0 saturated carbocycles. The van der Waals surface area contributed by atoms with Gasteiger partial charge in [0.05, 0.1) is 23.8 Å². The number of nitrogens with two attached hydrogens (primary N) is 1. The highest BCUT2D eigenvalue weighted by molar-refractivity contribution is 5.60. The van der Waals surface area contributed by atoms with Crippen LogP contribution in [0.2, 0.25) is 0 Å². The first kappa shape index (κ1) is 20.1. The summed E-state index contributed by atoms with van der Waals surface area (Å²) in [5, 5.41) is 7.55. The van der Waals surface area contributed by atoms with Crippen molar-refractivity contribution in [3.8, 4) is 17.0 Å². The van der Waals surface area contributed by atoms with Crippen LogP contribution in [0.3, 0.4) is 0 Å². The van der Waals surface area contributed by atoms with Crippen LogP contribution < -0.4 is 10.5 Å². The molecule has 0 aliphatic carbocycles. The molecule has 0 aliphatic rings. The Morgan fingerprint density at radius 1 is 1.19 bits per heavy atom. The highest BCUT2D eigenvalue weighted by atomic mass is 19.4. The Hall–Kier alpha value is -2.22. The Kier molecular flexibility index (Phi) is 5.85. The van der Waals surface area contributed by atoms with E-state index in [2.05, 4.69) is 15.2 Å². The van der Waals surface area contributed by atoms with Gasteiger partial charge >= 0.3 is 6.18 Å². The molecule has 26 heavy (non-hydrogen) atoms. The van der Waals surface area contributed by atoms with Gasteiger partial charge in [0.1, 0.15) is 17.9 Å². The van der Waals surface area contributed by atoms with Gasteiger partial charge in [-0.3, -0.25) is 4.98 Å². The molecule has 0 radical (unpaired) electrons. The molecule has 0 amide bonds. The van der Waals surface area contributed by atoms with Crippen LogP contribution in [0.25, 0.3) is 11.3 Å². The van der Waals surface area contributed by atoms with Gasteiger partial charge in [0.2, 0.25) is 0 Å². The maximum absolute atomic E-state index is 13.5. The molecule has 142 valence electrons. The predicted molar refractivity (Wildman–Crippen MR) is 92.5 cm³/mol. The monoisotopic (exact) mass is 368 g/mol. The van der Waals surface area contributed by atoms with E-state index in [1.54, 1.807) is 19.9 Å². The zero-order chi connectivity index (χ0) is 19.5. The van der Waals surface area contributed by atoms with E-state index in [0.717, 1.165) is 12.3 Å². The average Bonchev–Trinajstić information content (AvgIpc) is 2.51. The second-order valence-electron chi connectivity index (χ2n) is 7.19. The van der Waals surface area contributed by atoms with Crippen LogP contribution in [0.5, 0.6) is 5.75 Å². The van der Waals surface area contributed by atoms with Crippen LogP contribution in [-0.4, -0.2) is 27.3 Å². The molecule has 0 fully saturated rings. The summed E-state index contributed by atoms with van der Waals surface area (Å²) in [5.41, 5.74) is 5.69. The molecule has 1 atom stereocenters. The topological polar surface area (TPSA) is 73.9 Å². The van der Waals surface area contributed by atoms with Crippen LogP contribution in [-0.2, 0) is 6.18 Å². The van der Waals surface area contributed by atoms with E-state index in [9.17, 15) is 13.2 Å². The molecule has 0 spiro atoms. The third-order valence-electron chi connectivity index (χ3n) is 3.68. The number of hydrogen-bond acceptors (Lipinski definition) is 5. The number of aryl methyl sites for hydroxylation is 1. The highest BCUT2D eigenvalue weighted by Gasteiger charge is 2.36. The lowest BCUT2D eigenvalue weighted by Crippen LogP contribution is -2.43. The summed E-state index contributed by atoms with van der Waals surface area (Å²) in [5.74, 6) is -0.0287. The first-order valence-corrected chi connectivity index (χ1v) is 8.26. The number of rotatable bonds is 6. The molecule has 0 aromatic carbocycles. The smallest absolute Gasteiger partial charge is 0.420 e. The van der Waals surface area contributed by atoms with Crippen molar-refractivity contribution in [1.29, 1.82) is 0 Å². The Morgan fingerprint density at radius 3 is 2.46 bits per heavy atom. The van der Waals surface area contributed by atoms with Crippen LogP contribution in [0, 0.1) is 12.8 Å². The van der Waals surface area contributed by atoms with E-state index in [0.29, 0.717) is 23.6 Å². The lowest BCUT2D eigenvalue weighted by Gasteiger charge is -2.27. The third kappa shape index (κ3) is 5.39. The molecule has 8 heteroatoms. The first-order chi connectivity index (χ1) is 12.0. The van der Waals surface area contributed by atoms with E-state index in [-0.39, 0.29) is 18.1 Å². The van der Waals surface area contributed by atoms with Gasteiger partial charge in [0, 0.05) is 11.1 Å². The summed E-state index contributed by atoms with van der Waals surface area (Å²) < 4.78 is 45.9. The number of pyridine rings is 1. The van der Waals surface area contributed by atoms with Gasteiger partial charge in [-0.2, -0.15) is 23.4 Å². The fourth-order valence-corrected chi connectivity index (χ4v) is 2.78. The van der Waals surface area contributed by atoms with Crippen molar-refractivity contribution in [2.24, 2.45) is 11.7 Å². The predicted octanol–water partition coefficient (Wildman–Crippen LogP) is 4.01. The number of ether oxygens (including phenoxy) is 1. The van der Waals surface area contributed by atoms with Crippen molar-refractivity contribution in [3.63, 3.8) is 0 Å². The quantitative estimate of drug-likeness (QED) is 0.834. The molecule has 0 saturated heterocycles. The molecule has 5 nitrogen and oxygen atoms in total. The summed E-state index contributed by atoms with van der Waals surface area (Å²) in [6, 6.07) is 2.58. The molecule has 0 bridgehead atoms. The molecule has 2 heterocycles. The van der Waals surface area contributed by atoms with E-state index in [1.165, 1.54) is 6.20 Å². The molecule has 2 aromatic rings. The Morgan fingerprint density at radius 2 is 1.88 bits per heavy atom. The van der Waals surface area contributed by atoms with E-state index in [1.807, 2.05) is 13.8 Å². The van der Waals surface area contributed by atoms with Gasteiger partial charge in [-0.15, -0.1) is 0 Å². The van der Waals surface area contributed by atoms with Gasteiger partial charge in [-0.1, -0.05) is 13.8 Å².